The van der Waals surface area contributed by atoms with Gasteiger partial charge in [0.25, 0.3) is 0 Å². The Hall–Kier alpha value is -11.2. The fourth-order valence-electron chi connectivity index (χ4n) is 11.8. The van der Waals surface area contributed by atoms with Crippen LogP contribution in [0.3, 0.4) is 0 Å². The van der Waals surface area contributed by atoms with Crippen molar-refractivity contribution in [3.8, 4) is 95.6 Å². The molecule has 2 aromatic heterocycles. The standard InChI is InChI=1S/C86H70N4O2/c1-85(2,3)66-49-64(59-28-14-8-15-29-59)48-65(50-66)76-53-67(86(4,5)6)52-75(62-34-20-11-21-35-62)84(76)92-71-46-47-87-82(56-71)90-78-45-42-63(58-26-12-7-13-27-58)51-77(78)74-44-43-70(55-81(74)90)91-69-37-24-36-68(54-69)88-57-89(80-41-23-22-40-79(80)88)83-72(60-30-16-9-17-31-60)38-25-39-73(83)61-32-18-10-19-33-61/h7-56H,57H2,1-6H3/i7D,8D,9D,10D,11D,12D,13D,14D,15D,16D,17D,18D,19D,20D,21D,26D,27D,28D,29D,30D,31D,32D,33D,34D,35D. The van der Waals surface area contributed by atoms with E-state index >= 15 is 0 Å². The molecule has 0 saturated heterocycles. The van der Waals surface area contributed by atoms with Gasteiger partial charge in [0.1, 0.15) is 35.5 Å². The van der Waals surface area contributed by atoms with Gasteiger partial charge >= 0.3 is 0 Å². The molecule has 0 spiro atoms. The number of nitrogens with zero attached hydrogens (tertiary/aromatic N) is 4. The molecule has 1 aliphatic heterocycles. The lowest BCUT2D eigenvalue weighted by Crippen LogP contribution is -2.24. The summed E-state index contributed by atoms with van der Waals surface area (Å²) in [6.07, 6.45) is 1.49. The number of aromatic nitrogens is 2. The van der Waals surface area contributed by atoms with E-state index in [1.54, 1.807) is 114 Å². The van der Waals surface area contributed by atoms with Gasteiger partial charge in [0.15, 0.2) is 0 Å². The Balaban J connectivity index is 0.897. The first kappa shape index (κ1) is 35.8. The zero-order valence-electron chi connectivity index (χ0n) is 75.7. The summed E-state index contributed by atoms with van der Waals surface area (Å²) in [5.74, 6) is 0.933. The number of benzene rings is 12. The van der Waals surface area contributed by atoms with Crippen LogP contribution in [-0.4, -0.2) is 16.2 Å². The predicted octanol–water partition coefficient (Wildman–Crippen LogP) is 23.6. The van der Waals surface area contributed by atoms with E-state index in [2.05, 4.69) is 0 Å². The molecule has 0 unspecified atom stereocenters. The van der Waals surface area contributed by atoms with E-state index in [0.29, 0.717) is 72.4 Å². The van der Waals surface area contributed by atoms with Crippen molar-refractivity contribution in [2.24, 2.45) is 0 Å². The summed E-state index contributed by atoms with van der Waals surface area (Å²) in [6, 6.07) is 27.8. The fourth-order valence-corrected chi connectivity index (χ4v) is 11.8. The SMILES string of the molecule is [2H]c1c([2H])c([2H])c(-c2cc(-c3cc(C(C)(C)C)cc(-c4c([2H])c([2H])c([2H])c([2H])c4[2H])c3Oc3ccnc(-n4c5ccc(-c6c([2H])c([2H])c([2H])c([2H])c6[2H])cc5c5ccc(Oc6cccc(N7CN(c8c(-c9c([2H])c([2H])c([2H])c([2H])c9[2H])cccc8-c8c([2H])c([2H])c([2H])c([2H])c8[2H])c8ccccc87)c6)cc54)c3)cc(C(C)(C)C)c2)c([2H])c1[2H]. The van der Waals surface area contributed by atoms with Crippen LogP contribution in [0.1, 0.15) is 86.9 Å². The maximum atomic E-state index is 9.50. The first-order valence-electron chi connectivity index (χ1n) is 42.2. The monoisotopic (exact) mass is 1220 g/mol. The maximum Gasteiger partial charge on any atom is 0.143 e. The zero-order chi connectivity index (χ0) is 84.3. The summed E-state index contributed by atoms with van der Waals surface area (Å²) in [5, 5.41) is 1.11. The first-order valence-corrected chi connectivity index (χ1v) is 29.7. The second-order valence-corrected chi connectivity index (χ2v) is 24.2. The van der Waals surface area contributed by atoms with E-state index in [4.69, 9.17) is 40.5 Å². The van der Waals surface area contributed by atoms with Crippen LogP contribution in [0.25, 0.3) is 94.4 Å². The first-order chi connectivity index (χ1) is 55.2. The average molecular weight is 1220 g/mol. The van der Waals surface area contributed by atoms with Gasteiger partial charge in [-0.3, -0.25) is 4.57 Å². The van der Waals surface area contributed by atoms with Gasteiger partial charge in [-0.1, -0.05) is 247 Å². The summed E-state index contributed by atoms with van der Waals surface area (Å²) in [6.45, 7) is 11.7. The van der Waals surface area contributed by atoms with Gasteiger partial charge in [0.2, 0.25) is 0 Å². The van der Waals surface area contributed by atoms with Crippen LogP contribution in [0, 0.1) is 0 Å². The predicted molar refractivity (Wildman–Crippen MR) is 384 cm³/mol. The average Bonchev–Trinajstić information content (AvgIpc) is 1.69. The van der Waals surface area contributed by atoms with E-state index in [9.17, 15) is 8.22 Å². The van der Waals surface area contributed by atoms with Crippen LogP contribution in [-0.2, 0) is 10.8 Å². The summed E-state index contributed by atoms with van der Waals surface area (Å²) in [7, 11) is 0. The fraction of sp³-hybridized carbons (Fsp3) is 0.105. The molecule has 6 heteroatoms. The molecule has 0 N–H and O–H groups in total. The van der Waals surface area contributed by atoms with Crippen LogP contribution in [0.5, 0.6) is 23.0 Å². The van der Waals surface area contributed by atoms with Crippen molar-refractivity contribution in [3.05, 3.63) is 314 Å². The van der Waals surface area contributed by atoms with Gasteiger partial charge in [0, 0.05) is 63.1 Å². The van der Waals surface area contributed by atoms with Gasteiger partial charge in [0.05, 0.1) is 62.4 Å². The molecule has 0 atom stereocenters. The minimum absolute atomic E-state index is 0.00144. The van der Waals surface area contributed by atoms with Gasteiger partial charge in [-0.25, -0.2) is 4.98 Å². The molecular weight excluding hydrogens is 1120 g/mol. The summed E-state index contributed by atoms with van der Waals surface area (Å²) in [4.78, 5) is 8.70. The van der Waals surface area contributed by atoms with Gasteiger partial charge < -0.3 is 19.3 Å². The van der Waals surface area contributed by atoms with Gasteiger partial charge in [-0.15, -0.1) is 0 Å². The molecule has 3 heterocycles. The molecule has 0 bridgehead atoms. The molecule has 446 valence electrons. The number of rotatable bonds is 13. The molecule has 0 fully saturated rings. The minimum atomic E-state index is -0.697. The topological polar surface area (TPSA) is 42.8 Å². The van der Waals surface area contributed by atoms with Crippen LogP contribution in [0.15, 0.2) is 303 Å². The Bertz CT molecular complexity index is 6400. The highest BCUT2D eigenvalue weighted by molar-refractivity contribution is 6.11. The Kier molecular flexibility index (Phi) is 9.21. The van der Waals surface area contributed by atoms with Crippen molar-refractivity contribution in [1.82, 2.24) is 9.55 Å². The quantitative estimate of drug-likeness (QED) is 0.115. The third kappa shape index (κ3) is 11.0. The maximum absolute atomic E-state index is 9.50. The summed E-state index contributed by atoms with van der Waals surface area (Å²) in [5.41, 5.74) is 3.76. The Morgan fingerprint density at radius 3 is 1.51 bits per heavy atom. The molecule has 6 nitrogen and oxygen atoms in total. The Morgan fingerprint density at radius 2 is 0.891 bits per heavy atom. The third-order valence-electron chi connectivity index (χ3n) is 16.3. The second kappa shape index (κ2) is 23.6. The van der Waals surface area contributed by atoms with Crippen molar-refractivity contribution in [2.75, 3.05) is 16.5 Å². The molecule has 15 rings (SSSR count). The molecule has 0 radical (unpaired) electrons. The molecule has 12 aromatic carbocycles. The molecule has 92 heavy (non-hydrogen) atoms. The van der Waals surface area contributed by atoms with Crippen molar-refractivity contribution in [1.29, 1.82) is 0 Å². The lowest BCUT2D eigenvalue weighted by molar-refractivity contribution is 0.483. The third-order valence-corrected chi connectivity index (χ3v) is 16.3. The van der Waals surface area contributed by atoms with E-state index in [1.165, 1.54) is 6.20 Å². The molecule has 0 amide bonds. The summed E-state index contributed by atoms with van der Waals surface area (Å²) >= 11 is 0. The lowest BCUT2D eigenvalue weighted by Gasteiger charge is -2.27. The normalized spacial score (nSPS) is 16.2. The van der Waals surface area contributed by atoms with Crippen molar-refractivity contribution in [3.63, 3.8) is 0 Å². The number of hydrogen-bond donors (Lipinski definition) is 0. The smallest absolute Gasteiger partial charge is 0.143 e. The number of ether oxygens (including phenoxy) is 2. The molecule has 14 aromatic rings. The molecule has 1 aliphatic rings. The number of anilines is 4. The van der Waals surface area contributed by atoms with Crippen LogP contribution >= 0.6 is 0 Å². The highest BCUT2D eigenvalue weighted by Crippen LogP contribution is 2.52. The van der Waals surface area contributed by atoms with Crippen LogP contribution in [0.4, 0.5) is 22.7 Å². The second-order valence-electron chi connectivity index (χ2n) is 24.2. The van der Waals surface area contributed by atoms with E-state index in [1.807, 2.05) is 87.4 Å². The largest absolute Gasteiger partial charge is 0.457 e. The van der Waals surface area contributed by atoms with Crippen molar-refractivity contribution < 1.29 is 43.7 Å². The minimum Gasteiger partial charge on any atom is -0.457 e. The van der Waals surface area contributed by atoms with Crippen molar-refractivity contribution in [2.45, 2.75) is 52.4 Å². The number of pyridine rings is 1. The van der Waals surface area contributed by atoms with Crippen LogP contribution in [0.2, 0.25) is 0 Å². The Labute approximate surface area is 574 Å². The van der Waals surface area contributed by atoms with Gasteiger partial charge in [-0.2, -0.15) is 0 Å². The lowest BCUT2D eigenvalue weighted by atomic mass is 9.80. The molecule has 0 aliphatic carbocycles. The number of fused-ring (bicyclic) bond motifs is 4. The number of hydrogen-bond acceptors (Lipinski definition) is 5. The van der Waals surface area contributed by atoms with E-state index in [0.717, 1.165) is 0 Å². The Morgan fingerprint density at radius 1 is 0.370 bits per heavy atom. The zero-order valence-corrected chi connectivity index (χ0v) is 50.7. The van der Waals surface area contributed by atoms with E-state index in [-0.39, 0.29) is 85.5 Å². The van der Waals surface area contributed by atoms with E-state index < -0.39 is 162 Å². The molecular formula is C86H70N4O2. The van der Waals surface area contributed by atoms with Crippen molar-refractivity contribution >= 4 is 44.6 Å². The highest BCUT2D eigenvalue weighted by Gasteiger charge is 2.32. The van der Waals surface area contributed by atoms with Crippen LogP contribution < -0.4 is 19.3 Å². The number of para-hydroxylation sites is 3. The molecule has 0 saturated carbocycles. The highest BCUT2D eigenvalue weighted by atomic mass is 16.5. The van der Waals surface area contributed by atoms with Gasteiger partial charge in [-0.05, 0) is 139 Å². The summed E-state index contributed by atoms with van der Waals surface area (Å²) < 4.78 is 238.